The molecule has 0 fully saturated rings. The van der Waals surface area contributed by atoms with Crippen LogP contribution in [0.15, 0.2) is 25.0 Å². The van der Waals surface area contributed by atoms with Crippen LogP contribution in [0, 0.1) is 0 Å². The van der Waals surface area contributed by atoms with E-state index in [1.165, 1.54) is 5.57 Å². The molecule has 0 bridgehead atoms. The summed E-state index contributed by atoms with van der Waals surface area (Å²) in [5, 5.41) is 0. The summed E-state index contributed by atoms with van der Waals surface area (Å²) in [6.07, 6.45) is 4.10. The Morgan fingerprint density at radius 1 is 1.55 bits per heavy atom. The molecular weight excluding hydrogens is 251 g/mol. The molecule has 1 aliphatic heterocycles. The normalized spacial score (nSPS) is 21.0. The van der Waals surface area contributed by atoms with Crippen LogP contribution in [0.25, 0.3) is 0 Å². The molecule has 11 heavy (non-hydrogen) atoms. The number of nitrogens with zero attached hydrogens (tertiary/aromatic N) is 1. The Balaban J connectivity index is 2.74. The van der Waals surface area contributed by atoms with E-state index in [2.05, 4.69) is 13.4 Å². The topological polar surface area (TPSA) is 38.4 Å². The van der Waals surface area contributed by atoms with Gasteiger partial charge in [0.2, 0.25) is 0 Å². The van der Waals surface area contributed by atoms with Crippen molar-refractivity contribution in [2.45, 2.75) is 19.9 Å². The fourth-order valence-electron chi connectivity index (χ4n) is 0.690. The monoisotopic (exact) mass is 263 g/mol. The van der Waals surface area contributed by atoms with Crippen molar-refractivity contribution >= 4 is 5.71 Å². The van der Waals surface area contributed by atoms with Crippen molar-refractivity contribution < 1.29 is 21.5 Å². The first-order chi connectivity index (χ1) is 5.20. The summed E-state index contributed by atoms with van der Waals surface area (Å²) in [5.74, 6) is 0. The average Bonchev–Trinajstić information content (AvgIpc) is 2.13. The van der Waals surface area contributed by atoms with E-state index in [1.54, 1.807) is 0 Å². The maximum absolute atomic E-state index is 5.73. The molecule has 2 nitrogen and oxygen atoms in total. The Morgan fingerprint density at radius 2 is 2.27 bits per heavy atom. The van der Waals surface area contributed by atoms with Gasteiger partial charge in [0.25, 0.3) is 0 Å². The third kappa shape index (κ3) is 2.75. The van der Waals surface area contributed by atoms with Gasteiger partial charge in [-0.05, 0) is 0 Å². The second-order valence-corrected chi connectivity index (χ2v) is 4.22. The van der Waals surface area contributed by atoms with E-state index in [9.17, 15) is 0 Å². The van der Waals surface area contributed by atoms with Gasteiger partial charge < -0.3 is 0 Å². The number of hydrogen-bond donors (Lipinski definition) is 1. The van der Waals surface area contributed by atoms with E-state index < -0.39 is 0 Å². The Hall–Kier alpha value is -0.160. The van der Waals surface area contributed by atoms with Gasteiger partial charge in [0.1, 0.15) is 0 Å². The van der Waals surface area contributed by atoms with Crippen LogP contribution in [0.1, 0.15) is 13.8 Å². The predicted octanol–water partition coefficient (Wildman–Crippen LogP) is -1.75. The van der Waals surface area contributed by atoms with Gasteiger partial charge in [-0.1, -0.05) is 0 Å². The third-order valence-corrected chi connectivity index (χ3v) is 3.44. The van der Waals surface area contributed by atoms with Crippen molar-refractivity contribution in [1.82, 2.24) is 0 Å². The molecule has 0 aromatic carbocycles. The zero-order chi connectivity index (χ0) is 8.27. The molecule has 1 heterocycles. The quantitative estimate of drug-likeness (QED) is 0.560. The van der Waals surface area contributed by atoms with Crippen LogP contribution in [0.5, 0.6) is 0 Å². The number of rotatable bonds is 1. The Morgan fingerprint density at radius 3 is 2.91 bits per heavy atom. The number of allylic oxidation sites excluding steroid dienone is 1. The first kappa shape index (κ1) is 8.93. The van der Waals surface area contributed by atoms with Gasteiger partial charge in [0, 0.05) is 0 Å². The van der Waals surface area contributed by atoms with Gasteiger partial charge in [-0.25, -0.2) is 0 Å². The van der Waals surface area contributed by atoms with Crippen molar-refractivity contribution in [1.29, 1.82) is 0 Å². The van der Waals surface area contributed by atoms with Gasteiger partial charge >= 0.3 is 77.8 Å². The first-order valence-electron chi connectivity index (χ1n) is 3.51. The second kappa shape index (κ2) is 4.01. The van der Waals surface area contributed by atoms with Crippen molar-refractivity contribution in [3.63, 3.8) is 0 Å². The summed E-state index contributed by atoms with van der Waals surface area (Å²) < 4.78 is 6.54. The Kier molecular flexibility index (Phi) is 3.26. The molecule has 0 saturated carbocycles. The van der Waals surface area contributed by atoms with Crippen molar-refractivity contribution in [3.05, 3.63) is 21.8 Å². The van der Waals surface area contributed by atoms with Crippen molar-refractivity contribution in [2.24, 2.45) is 8.94 Å². The van der Waals surface area contributed by atoms with E-state index in [-0.39, 0.29) is 27.5 Å². The minimum absolute atomic E-state index is 0.143. The van der Waals surface area contributed by atoms with Gasteiger partial charge in [-0.3, -0.25) is 0 Å². The minimum atomic E-state index is -0.143. The average molecular weight is 263 g/mol. The maximum atomic E-state index is 5.73. The molecule has 3 heteroatoms. The number of nitrogens with two attached hydrogens (primary N) is 1. The van der Waals surface area contributed by atoms with E-state index in [0.29, 0.717) is 0 Å². The van der Waals surface area contributed by atoms with Crippen LogP contribution in [0.2, 0.25) is 0 Å². The van der Waals surface area contributed by atoms with Crippen LogP contribution >= 0.6 is 0 Å². The van der Waals surface area contributed by atoms with Gasteiger partial charge in [0.15, 0.2) is 0 Å². The molecule has 0 aliphatic carbocycles. The van der Waals surface area contributed by atoms with Crippen LogP contribution in [0.4, 0.5) is 0 Å². The molecule has 0 radical (unpaired) electrons. The zero-order valence-electron chi connectivity index (χ0n) is 6.71. The summed E-state index contributed by atoms with van der Waals surface area (Å²) in [4.78, 5) is 0. The Bertz CT molecular complexity index is 226. The van der Waals surface area contributed by atoms with Crippen LogP contribution < -0.4 is 27.2 Å². The van der Waals surface area contributed by atoms with E-state index >= 15 is 0 Å². The number of halogens is 1. The SMILES string of the molecule is CC1=N[I-]C=C(C(C)N)C=C1. The summed E-state index contributed by atoms with van der Waals surface area (Å²) in [5.41, 5.74) is 8.07. The second-order valence-electron chi connectivity index (χ2n) is 2.55. The Labute approximate surface area is 77.9 Å². The molecule has 2 N–H and O–H groups in total. The van der Waals surface area contributed by atoms with Gasteiger partial charge in [0.05, 0.1) is 0 Å². The summed E-state index contributed by atoms with van der Waals surface area (Å²) >= 11 is -0.143. The van der Waals surface area contributed by atoms with E-state index in [0.717, 1.165) is 5.71 Å². The van der Waals surface area contributed by atoms with E-state index in [4.69, 9.17) is 5.73 Å². The third-order valence-electron chi connectivity index (χ3n) is 1.40. The first-order valence-corrected chi connectivity index (χ1v) is 5.72. The van der Waals surface area contributed by atoms with E-state index in [1.807, 2.05) is 19.9 Å². The summed E-state index contributed by atoms with van der Waals surface area (Å²) in [6, 6.07) is 0.145. The summed E-state index contributed by atoms with van der Waals surface area (Å²) in [7, 11) is 0. The molecule has 62 valence electrons. The molecule has 0 spiro atoms. The van der Waals surface area contributed by atoms with Crippen LogP contribution in [-0.2, 0) is 0 Å². The molecule has 1 unspecified atom stereocenters. The van der Waals surface area contributed by atoms with Gasteiger partial charge in [-0.15, -0.1) is 0 Å². The fraction of sp³-hybridized carbons (Fsp3) is 0.375. The molecule has 0 saturated heterocycles. The molecule has 1 atom stereocenters. The molecule has 0 aromatic rings. The summed E-state index contributed by atoms with van der Waals surface area (Å²) in [6.45, 7) is 4.02. The standard InChI is InChI=1S/C8H12IN2/c1-6-3-4-8(7(2)10)5-9-11-6/h3-5,7H,10H2,1-2H3/q-1. The van der Waals surface area contributed by atoms with Crippen LogP contribution in [0.3, 0.4) is 0 Å². The molecule has 1 aliphatic rings. The van der Waals surface area contributed by atoms with Gasteiger partial charge in [-0.2, -0.15) is 0 Å². The van der Waals surface area contributed by atoms with Crippen molar-refractivity contribution in [2.75, 3.05) is 0 Å². The molecule has 0 aromatic heterocycles. The molecule has 1 rings (SSSR count). The molecular formula is C8H12IN2-. The predicted molar refractivity (Wildman–Crippen MR) is 44.0 cm³/mol. The molecule has 0 amide bonds. The van der Waals surface area contributed by atoms with Crippen LogP contribution in [-0.4, -0.2) is 11.8 Å². The fourth-order valence-corrected chi connectivity index (χ4v) is 2.53. The van der Waals surface area contributed by atoms with Crippen molar-refractivity contribution in [3.8, 4) is 0 Å². The number of hydrogen-bond acceptors (Lipinski definition) is 2. The zero-order valence-corrected chi connectivity index (χ0v) is 8.87.